The van der Waals surface area contributed by atoms with Crippen molar-refractivity contribution in [2.45, 2.75) is 137 Å². The third-order valence-corrected chi connectivity index (χ3v) is 15.4. The summed E-state index contributed by atoms with van der Waals surface area (Å²) in [7, 11) is 1.31. The molecular weight excluding hydrogens is 1200 g/mol. The van der Waals surface area contributed by atoms with Crippen LogP contribution in [0.5, 0.6) is 17.2 Å². The Hall–Kier alpha value is -9.01. The highest BCUT2D eigenvalue weighted by Gasteiger charge is 2.36. The van der Waals surface area contributed by atoms with Crippen molar-refractivity contribution in [1.82, 2.24) is 36.1 Å². The molecule has 492 valence electrons. The van der Waals surface area contributed by atoms with Gasteiger partial charge in [-0.2, -0.15) is 28.6 Å². The predicted octanol–water partition coefficient (Wildman–Crippen LogP) is 16.0. The van der Waals surface area contributed by atoms with E-state index < -0.39 is 41.8 Å². The number of ether oxygens (including phenoxy) is 4. The summed E-state index contributed by atoms with van der Waals surface area (Å²) in [4.78, 5) is 57.6. The Morgan fingerprint density at radius 3 is 1.96 bits per heavy atom. The third-order valence-electron chi connectivity index (χ3n) is 15.2. The molecule has 3 amide bonds. The van der Waals surface area contributed by atoms with Gasteiger partial charge in [-0.05, 0) is 134 Å². The number of fused-ring (bicyclic) bond motifs is 2. The highest BCUT2D eigenvalue weighted by molar-refractivity contribution is 7.17. The summed E-state index contributed by atoms with van der Waals surface area (Å²) >= 11 is 0. The van der Waals surface area contributed by atoms with Gasteiger partial charge in [-0.3, -0.25) is 25.0 Å². The molecule has 0 radical (unpaired) electrons. The second-order valence-corrected chi connectivity index (χ2v) is 23.0. The lowest BCUT2D eigenvalue weighted by molar-refractivity contribution is -0.144. The Morgan fingerprint density at radius 1 is 0.707 bits per heavy atom. The van der Waals surface area contributed by atoms with E-state index in [1.807, 2.05) is 43.3 Å². The number of nitrogens with zero attached hydrogens (tertiary/aromatic N) is 4. The number of nitrogens with one attached hydrogen (secondary N) is 5. The molecule has 0 fully saturated rings. The quantitative estimate of drug-likeness (QED) is 0.00802. The highest BCUT2D eigenvalue weighted by atomic mass is 31.1. The number of hydrogen-bond acceptors (Lipinski definition) is 15. The number of urea groups is 1. The summed E-state index contributed by atoms with van der Waals surface area (Å²) in [5.74, 6) is -0.924. The number of Topliss-reactive ketones (excluding diaryl/α,β-unsaturated/α-hetero) is 1. The monoisotopic (exact) mass is 1290 g/mol. The van der Waals surface area contributed by atoms with Gasteiger partial charge in [0.15, 0.2) is 5.82 Å². The van der Waals surface area contributed by atoms with Gasteiger partial charge in [0.2, 0.25) is 17.7 Å². The van der Waals surface area contributed by atoms with Crippen LogP contribution in [0, 0.1) is 12.8 Å². The standard InChI is InChI=1S/C29H38F3N5O2.C26H25NO6.C8H17O2P.C6H5N3/c1-7-27(3,4)19-14-15-23(21(18-19)28(5,6)8-2)39-17-11-16-33-26(38)37-36-24-20-12-9-10-13-22(20)34-25(35-24)29(30,31)32;1-4-32-26(30)19-11-13-20(14-12-19)33-24(23(28)18-8-6-5-7-9-18)25(29)27-21-16-17(2)10-15-22(21)31-3;1-3-5-6-8(4-2)7-10-11-9;1-2-4-6-5(3-1)7-9-8-6/h9-10,12-15,18H,7-8,11,16-17H2,1-6H3,(H2,33,37,38)(H,34,35,36);5-16,24H,4H2,1-3H3,(H,27,29);8H,3-7H2,1-2H3;1-4H,(H,7,8,9). The highest BCUT2D eigenvalue weighted by Crippen LogP contribution is 2.39. The van der Waals surface area contributed by atoms with Gasteiger partial charge in [0.05, 0.1) is 43.7 Å². The number of aromatic amines is 1. The second kappa shape index (κ2) is 36.7. The van der Waals surface area contributed by atoms with Crippen molar-refractivity contribution in [1.29, 1.82) is 0 Å². The zero-order chi connectivity index (χ0) is 67.3. The number of aryl methyl sites for hydroxylation is 1. The first-order chi connectivity index (χ1) is 44.0. The normalized spacial score (nSPS) is 11.9. The van der Waals surface area contributed by atoms with Gasteiger partial charge in [-0.15, -0.1) is 0 Å². The number of benzene rings is 6. The van der Waals surface area contributed by atoms with Crippen molar-refractivity contribution in [2.24, 2.45) is 5.92 Å². The van der Waals surface area contributed by atoms with E-state index in [0.29, 0.717) is 60.0 Å². The number of anilines is 2. The maximum atomic E-state index is 13.2. The molecule has 6 aromatic carbocycles. The third kappa shape index (κ3) is 22.7. The first kappa shape index (κ1) is 73.7. The van der Waals surface area contributed by atoms with Gasteiger partial charge in [-0.1, -0.05) is 147 Å². The Kier molecular flexibility index (Phi) is 29.4. The van der Waals surface area contributed by atoms with Crippen LogP contribution in [-0.4, -0.2) is 88.6 Å². The van der Waals surface area contributed by atoms with Crippen LogP contribution < -0.4 is 35.7 Å². The van der Waals surface area contributed by atoms with Gasteiger partial charge in [0.25, 0.3) is 5.91 Å². The number of H-pyrrole nitrogens is 1. The van der Waals surface area contributed by atoms with Crippen LogP contribution in [-0.2, 0) is 35.6 Å². The Balaban J connectivity index is 0.000000258. The number of ketones is 1. The molecule has 92 heavy (non-hydrogen) atoms. The molecule has 5 N–H and O–H groups in total. The molecule has 2 aromatic heterocycles. The summed E-state index contributed by atoms with van der Waals surface area (Å²) in [5.41, 5.74) is 11.2. The molecule has 0 bridgehead atoms. The van der Waals surface area contributed by atoms with E-state index in [0.717, 1.165) is 47.2 Å². The molecule has 0 aliphatic rings. The number of hydrogen-bond donors (Lipinski definition) is 5. The number of esters is 1. The van der Waals surface area contributed by atoms with Crippen molar-refractivity contribution in [3.05, 3.63) is 173 Å². The number of aromatic nitrogens is 5. The lowest BCUT2D eigenvalue weighted by Gasteiger charge is -2.30. The van der Waals surface area contributed by atoms with Crippen molar-refractivity contribution in [3.63, 3.8) is 0 Å². The summed E-state index contributed by atoms with van der Waals surface area (Å²) in [6, 6.07) is 39.5. The fourth-order valence-corrected chi connectivity index (χ4v) is 9.12. The minimum atomic E-state index is -4.72. The Morgan fingerprint density at radius 2 is 1.35 bits per heavy atom. The molecule has 2 heterocycles. The molecule has 0 aliphatic carbocycles. The van der Waals surface area contributed by atoms with E-state index in [1.165, 1.54) is 62.3 Å². The van der Waals surface area contributed by atoms with E-state index in [4.69, 9.17) is 23.5 Å². The van der Waals surface area contributed by atoms with Crippen molar-refractivity contribution < 1.29 is 60.4 Å². The van der Waals surface area contributed by atoms with E-state index in [2.05, 4.69) is 114 Å². The molecule has 23 heteroatoms. The first-order valence-electron chi connectivity index (χ1n) is 30.6. The van der Waals surface area contributed by atoms with E-state index in [-0.39, 0.29) is 43.2 Å². The van der Waals surface area contributed by atoms with Crippen LogP contribution in [0.4, 0.5) is 29.5 Å². The average Bonchev–Trinajstić information content (AvgIpc) is 1.32. The lowest BCUT2D eigenvalue weighted by atomic mass is 9.76. The summed E-state index contributed by atoms with van der Waals surface area (Å²) in [6.45, 7) is 22.7. The van der Waals surface area contributed by atoms with E-state index >= 15 is 0 Å². The molecule has 8 rings (SSSR count). The van der Waals surface area contributed by atoms with E-state index in [9.17, 15) is 36.9 Å². The van der Waals surface area contributed by atoms with E-state index in [1.54, 1.807) is 67.6 Å². The molecule has 8 aromatic rings. The predicted molar refractivity (Wildman–Crippen MR) is 353 cm³/mol. The number of amides is 3. The van der Waals surface area contributed by atoms with Gasteiger partial charge in [-0.25, -0.2) is 24.1 Å². The fourth-order valence-electron chi connectivity index (χ4n) is 8.85. The molecule has 0 saturated heterocycles. The second-order valence-electron chi connectivity index (χ2n) is 22.6. The summed E-state index contributed by atoms with van der Waals surface area (Å²) in [6.07, 6.45) is 1.13. The zero-order valence-corrected chi connectivity index (χ0v) is 55.1. The largest absolute Gasteiger partial charge is 0.495 e. The molecule has 0 spiro atoms. The van der Waals surface area contributed by atoms with Crippen molar-refractivity contribution in [2.75, 3.05) is 44.2 Å². The zero-order valence-electron chi connectivity index (χ0n) is 54.2. The number of carbonyl (C=O) groups is 4. The molecule has 0 aliphatic heterocycles. The van der Waals surface area contributed by atoms with Crippen LogP contribution in [0.3, 0.4) is 0 Å². The Bertz CT molecular complexity index is 3600. The maximum absolute atomic E-state index is 13.2. The number of hydrazine groups is 1. The Labute approximate surface area is 538 Å². The molecule has 2 atom stereocenters. The average molecular weight is 1290 g/mol. The lowest BCUT2D eigenvalue weighted by Crippen LogP contribution is -2.40. The number of methoxy groups -OCH3 is 1. The summed E-state index contributed by atoms with van der Waals surface area (Å²) < 4.78 is 76.6. The topological polar surface area (TPSA) is 247 Å². The van der Waals surface area contributed by atoms with Crippen LogP contribution >= 0.6 is 8.69 Å². The number of halogens is 3. The number of alkyl halides is 3. The van der Waals surface area contributed by atoms with Crippen LogP contribution in [0.25, 0.3) is 21.9 Å². The van der Waals surface area contributed by atoms with Gasteiger partial charge >= 0.3 is 26.9 Å². The number of unbranched alkanes of at least 4 members (excludes halogenated alkanes) is 1. The molecule has 0 saturated carbocycles. The molecule has 2 unspecified atom stereocenters. The fraction of sp³-hybridized carbons (Fsp3) is 0.391. The molecular formula is C69H85F3N9O10P. The van der Waals surface area contributed by atoms with Crippen LogP contribution in [0.1, 0.15) is 150 Å². The minimum Gasteiger partial charge on any atom is -0.495 e. The van der Waals surface area contributed by atoms with Crippen molar-refractivity contribution in [3.8, 4) is 17.2 Å². The number of rotatable bonds is 27. The van der Waals surface area contributed by atoms with Crippen molar-refractivity contribution >= 4 is 65.8 Å². The summed E-state index contributed by atoms with van der Waals surface area (Å²) in [5, 5.41) is 16.1. The number of carbonyl (C=O) groups excluding carboxylic acids is 4. The van der Waals surface area contributed by atoms with Gasteiger partial charge < -0.3 is 29.6 Å². The maximum Gasteiger partial charge on any atom is 0.451 e. The smallest absolute Gasteiger partial charge is 0.451 e. The molecule has 19 nitrogen and oxygen atoms in total. The van der Waals surface area contributed by atoms with Crippen LogP contribution in [0.2, 0.25) is 0 Å². The first-order valence-corrected chi connectivity index (χ1v) is 31.4. The minimum absolute atomic E-state index is 0.0594. The van der Waals surface area contributed by atoms with Gasteiger partial charge in [0.1, 0.15) is 28.3 Å². The van der Waals surface area contributed by atoms with Crippen LogP contribution in [0.15, 0.2) is 140 Å². The van der Waals surface area contributed by atoms with Gasteiger partial charge in [0, 0.05) is 23.1 Å². The SMILES string of the molecule is CCC(C)(C)c1ccc(OCCCNC(=O)NNc2nc(C(F)(F)F)nc3ccccc23)c(C(C)(C)CC)c1.CCCCC(CC)COP=O.CCOC(=O)c1ccc(OC(C(=O)Nc2cc(C)ccc2OC)C(=O)c2ccccc2)cc1.c1ccc2n[nH]nc2c1. The number of para-hydroxylation sites is 3.